The van der Waals surface area contributed by atoms with Gasteiger partial charge in [0.15, 0.2) is 0 Å². The standard InChI is InChI=1S/C23H23N3O2/c1-16(28-21-8-2-6-18-10-12-22(24)26-23(18)21)5-4-14-27-19-11-9-17-7-3-13-25-20(17)15-19/h2-3,6-13,15-16H,4-5,14H2,1H3,(H2,24,26). The number of hydrogen-bond acceptors (Lipinski definition) is 5. The molecule has 0 aliphatic rings. The number of anilines is 1. The van der Waals surface area contributed by atoms with Crippen LogP contribution in [0.3, 0.4) is 0 Å². The molecular weight excluding hydrogens is 350 g/mol. The van der Waals surface area contributed by atoms with E-state index in [0.29, 0.717) is 12.4 Å². The van der Waals surface area contributed by atoms with Crippen LogP contribution in [0.2, 0.25) is 0 Å². The summed E-state index contributed by atoms with van der Waals surface area (Å²) in [6.45, 7) is 2.69. The summed E-state index contributed by atoms with van der Waals surface area (Å²) < 4.78 is 12.0. The Kier molecular flexibility index (Phi) is 5.24. The molecule has 0 aliphatic heterocycles. The minimum Gasteiger partial charge on any atom is -0.494 e. The van der Waals surface area contributed by atoms with Crippen molar-refractivity contribution in [3.63, 3.8) is 0 Å². The third-order valence-electron chi connectivity index (χ3n) is 4.63. The summed E-state index contributed by atoms with van der Waals surface area (Å²) in [4.78, 5) is 8.77. The van der Waals surface area contributed by atoms with Crippen molar-refractivity contribution in [1.29, 1.82) is 0 Å². The zero-order chi connectivity index (χ0) is 19.3. The normalized spacial score (nSPS) is 12.2. The van der Waals surface area contributed by atoms with Gasteiger partial charge >= 0.3 is 0 Å². The van der Waals surface area contributed by atoms with E-state index in [9.17, 15) is 0 Å². The van der Waals surface area contributed by atoms with Crippen LogP contribution in [0.4, 0.5) is 5.82 Å². The van der Waals surface area contributed by atoms with Gasteiger partial charge in [0.05, 0.1) is 18.2 Å². The van der Waals surface area contributed by atoms with Gasteiger partial charge in [-0.3, -0.25) is 4.98 Å². The summed E-state index contributed by atoms with van der Waals surface area (Å²) in [6.07, 6.45) is 3.61. The highest BCUT2D eigenvalue weighted by atomic mass is 16.5. The van der Waals surface area contributed by atoms with Crippen molar-refractivity contribution < 1.29 is 9.47 Å². The number of benzene rings is 2. The van der Waals surface area contributed by atoms with Crippen LogP contribution in [0.1, 0.15) is 19.8 Å². The van der Waals surface area contributed by atoms with Crippen molar-refractivity contribution in [3.05, 3.63) is 66.9 Å². The van der Waals surface area contributed by atoms with Gasteiger partial charge in [0.1, 0.15) is 22.8 Å². The van der Waals surface area contributed by atoms with E-state index in [1.165, 1.54) is 0 Å². The third-order valence-corrected chi connectivity index (χ3v) is 4.63. The maximum Gasteiger partial charge on any atom is 0.146 e. The number of rotatable bonds is 7. The maximum absolute atomic E-state index is 6.11. The van der Waals surface area contributed by atoms with Crippen LogP contribution in [0.5, 0.6) is 11.5 Å². The molecule has 2 aromatic heterocycles. The van der Waals surface area contributed by atoms with E-state index in [0.717, 1.165) is 46.1 Å². The van der Waals surface area contributed by atoms with Gasteiger partial charge in [-0.15, -0.1) is 0 Å². The van der Waals surface area contributed by atoms with Gasteiger partial charge in [-0.1, -0.05) is 18.2 Å². The molecule has 4 rings (SSSR count). The summed E-state index contributed by atoms with van der Waals surface area (Å²) in [7, 11) is 0. The molecule has 2 heterocycles. The van der Waals surface area contributed by atoms with Gasteiger partial charge < -0.3 is 15.2 Å². The molecule has 0 spiro atoms. The van der Waals surface area contributed by atoms with Crippen LogP contribution >= 0.6 is 0 Å². The van der Waals surface area contributed by atoms with Crippen LogP contribution in [-0.4, -0.2) is 22.7 Å². The third kappa shape index (κ3) is 4.14. The van der Waals surface area contributed by atoms with Gasteiger partial charge in [-0.05, 0) is 56.2 Å². The summed E-state index contributed by atoms with van der Waals surface area (Å²) >= 11 is 0. The largest absolute Gasteiger partial charge is 0.494 e. The van der Waals surface area contributed by atoms with Crippen LogP contribution < -0.4 is 15.2 Å². The quantitative estimate of drug-likeness (QED) is 0.462. The molecule has 0 bridgehead atoms. The van der Waals surface area contributed by atoms with Crippen molar-refractivity contribution in [2.24, 2.45) is 0 Å². The molecule has 5 heteroatoms. The Bertz CT molecular complexity index is 1100. The maximum atomic E-state index is 6.11. The average molecular weight is 373 g/mol. The number of aromatic nitrogens is 2. The van der Waals surface area contributed by atoms with E-state index in [-0.39, 0.29) is 6.10 Å². The minimum absolute atomic E-state index is 0.0516. The van der Waals surface area contributed by atoms with E-state index in [1.54, 1.807) is 12.3 Å². The van der Waals surface area contributed by atoms with E-state index in [4.69, 9.17) is 15.2 Å². The summed E-state index contributed by atoms with van der Waals surface area (Å²) in [5.74, 6) is 2.10. The number of nitrogens with two attached hydrogens (primary N) is 1. The Hall–Kier alpha value is -3.34. The number of nitrogens with zero attached hydrogens (tertiary/aromatic N) is 2. The zero-order valence-corrected chi connectivity index (χ0v) is 15.8. The Morgan fingerprint density at radius 3 is 2.79 bits per heavy atom. The Morgan fingerprint density at radius 1 is 1.00 bits per heavy atom. The lowest BCUT2D eigenvalue weighted by Gasteiger charge is -2.16. The molecular formula is C23H23N3O2. The fourth-order valence-electron chi connectivity index (χ4n) is 3.20. The molecule has 4 aromatic rings. The van der Waals surface area contributed by atoms with Crippen LogP contribution in [-0.2, 0) is 0 Å². The van der Waals surface area contributed by atoms with Crippen molar-refractivity contribution >= 4 is 27.6 Å². The summed E-state index contributed by atoms with van der Waals surface area (Å²) in [5.41, 5.74) is 7.57. The topological polar surface area (TPSA) is 70.3 Å². The molecule has 1 unspecified atom stereocenters. The molecule has 2 aromatic carbocycles. The molecule has 5 nitrogen and oxygen atoms in total. The first kappa shape index (κ1) is 18.0. The predicted octanol–water partition coefficient (Wildman–Crippen LogP) is 4.99. The second kappa shape index (κ2) is 8.13. The Balaban J connectivity index is 1.31. The molecule has 0 saturated heterocycles. The molecule has 0 amide bonds. The number of ether oxygens (including phenoxy) is 2. The molecule has 28 heavy (non-hydrogen) atoms. The molecule has 0 radical (unpaired) electrons. The Morgan fingerprint density at radius 2 is 1.86 bits per heavy atom. The van der Waals surface area contributed by atoms with Gasteiger partial charge in [0.2, 0.25) is 0 Å². The minimum atomic E-state index is 0.0516. The van der Waals surface area contributed by atoms with Crippen molar-refractivity contribution in [3.8, 4) is 11.5 Å². The molecule has 0 saturated carbocycles. The van der Waals surface area contributed by atoms with E-state index in [2.05, 4.69) is 16.9 Å². The van der Waals surface area contributed by atoms with Crippen molar-refractivity contribution in [2.45, 2.75) is 25.9 Å². The van der Waals surface area contributed by atoms with Crippen LogP contribution in [0.15, 0.2) is 66.9 Å². The highest BCUT2D eigenvalue weighted by molar-refractivity contribution is 5.85. The number of pyridine rings is 2. The lowest BCUT2D eigenvalue weighted by Crippen LogP contribution is -2.13. The monoisotopic (exact) mass is 373 g/mol. The van der Waals surface area contributed by atoms with Crippen molar-refractivity contribution in [1.82, 2.24) is 9.97 Å². The molecule has 1 atom stereocenters. The number of nitrogen functional groups attached to an aromatic ring is 1. The first-order valence-corrected chi connectivity index (χ1v) is 9.48. The highest BCUT2D eigenvalue weighted by Crippen LogP contribution is 2.26. The van der Waals surface area contributed by atoms with Crippen LogP contribution in [0, 0.1) is 0 Å². The number of hydrogen-bond donors (Lipinski definition) is 1. The zero-order valence-electron chi connectivity index (χ0n) is 15.8. The van der Waals surface area contributed by atoms with Gasteiger partial charge in [-0.25, -0.2) is 4.98 Å². The fraction of sp³-hybridized carbons (Fsp3) is 0.217. The lowest BCUT2D eigenvalue weighted by molar-refractivity contribution is 0.195. The fourth-order valence-corrected chi connectivity index (χ4v) is 3.20. The van der Waals surface area contributed by atoms with Crippen LogP contribution in [0.25, 0.3) is 21.8 Å². The summed E-state index contributed by atoms with van der Waals surface area (Å²) in [5, 5.41) is 2.13. The molecule has 0 aliphatic carbocycles. The smallest absolute Gasteiger partial charge is 0.146 e. The van der Waals surface area contributed by atoms with E-state index in [1.807, 2.05) is 54.6 Å². The second-order valence-electron chi connectivity index (χ2n) is 6.84. The lowest BCUT2D eigenvalue weighted by atomic mass is 10.2. The molecule has 0 fully saturated rings. The SMILES string of the molecule is CC(CCCOc1ccc2cccnc2c1)Oc1cccc2ccc(N)nc12. The highest BCUT2D eigenvalue weighted by Gasteiger charge is 2.09. The van der Waals surface area contributed by atoms with Crippen molar-refractivity contribution in [2.75, 3.05) is 12.3 Å². The second-order valence-corrected chi connectivity index (χ2v) is 6.84. The Labute approximate surface area is 164 Å². The molecule has 2 N–H and O–H groups in total. The number of para-hydroxylation sites is 1. The predicted molar refractivity (Wildman–Crippen MR) is 113 cm³/mol. The summed E-state index contributed by atoms with van der Waals surface area (Å²) in [6, 6.07) is 19.6. The average Bonchev–Trinajstić information content (AvgIpc) is 2.71. The van der Waals surface area contributed by atoms with Gasteiger partial charge in [-0.2, -0.15) is 0 Å². The van der Waals surface area contributed by atoms with Gasteiger partial charge in [0, 0.05) is 23.0 Å². The number of fused-ring (bicyclic) bond motifs is 2. The first-order chi connectivity index (χ1) is 13.7. The van der Waals surface area contributed by atoms with E-state index < -0.39 is 0 Å². The van der Waals surface area contributed by atoms with E-state index >= 15 is 0 Å². The molecule has 142 valence electrons. The first-order valence-electron chi connectivity index (χ1n) is 9.48. The van der Waals surface area contributed by atoms with Gasteiger partial charge in [0.25, 0.3) is 0 Å².